The monoisotopic (exact) mass is 284 g/mol. The van der Waals surface area contributed by atoms with Crippen molar-refractivity contribution in [1.29, 1.82) is 0 Å². The molecule has 3 nitrogen and oxygen atoms in total. The van der Waals surface area contributed by atoms with Crippen LogP contribution in [0.2, 0.25) is 0 Å². The Morgan fingerprint density at radius 2 is 1.85 bits per heavy atom. The Kier molecular flexibility index (Phi) is 3.32. The highest BCUT2D eigenvalue weighted by Gasteiger charge is 2.09. The van der Waals surface area contributed by atoms with E-state index >= 15 is 0 Å². The van der Waals surface area contributed by atoms with E-state index in [1.165, 1.54) is 5.56 Å². The minimum Gasteiger partial charge on any atom is -0.455 e. The van der Waals surface area contributed by atoms with Gasteiger partial charge >= 0.3 is 0 Å². The Bertz CT molecular complexity index is 732. The van der Waals surface area contributed by atoms with Crippen molar-refractivity contribution in [3.05, 3.63) is 47.5 Å². The maximum absolute atomic E-state index is 6.11. The molecule has 0 radical (unpaired) electrons. The van der Waals surface area contributed by atoms with Crippen LogP contribution in [0.5, 0.6) is 11.5 Å². The number of hydrogen-bond donors (Lipinski definition) is 1. The molecule has 1 aromatic heterocycles. The average Bonchev–Trinajstić information content (AvgIpc) is 2.92. The van der Waals surface area contributed by atoms with Crippen molar-refractivity contribution >= 4 is 27.2 Å². The summed E-state index contributed by atoms with van der Waals surface area (Å²) in [5.41, 5.74) is 10.6. The Labute approximate surface area is 122 Å². The molecule has 0 bridgehead atoms. The Morgan fingerprint density at radius 3 is 2.55 bits per heavy atom. The first-order valence-corrected chi connectivity index (χ1v) is 7.42. The predicted octanol–water partition coefficient (Wildman–Crippen LogP) is 4.79. The van der Waals surface area contributed by atoms with E-state index in [0.29, 0.717) is 17.4 Å². The number of hydrogen-bond acceptors (Lipinski definition) is 4. The van der Waals surface area contributed by atoms with E-state index in [0.717, 1.165) is 16.0 Å². The summed E-state index contributed by atoms with van der Waals surface area (Å²) in [6.07, 6.45) is 0. The average molecular weight is 284 g/mol. The van der Waals surface area contributed by atoms with Gasteiger partial charge in [0.2, 0.25) is 0 Å². The molecule has 0 atom stereocenters. The first-order valence-electron chi connectivity index (χ1n) is 6.54. The zero-order valence-electron chi connectivity index (χ0n) is 11.5. The zero-order chi connectivity index (χ0) is 14.1. The van der Waals surface area contributed by atoms with Gasteiger partial charge in [0.15, 0.2) is 5.75 Å². The summed E-state index contributed by atoms with van der Waals surface area (Å²) < 4.78 is 6.94. The molecule has 0 saturated heterocycles. The second-order valence-corrected chi connectivity index (χ2v) is 5.89. The Morgan fingerprint density at radius 1 is 1.10 bits per heavy atom. The van der Waals surface area contributed by atoms with Gasteiger partial charge in [0.25, 0.3) is 0 Å². The standard InChI is InChI=1S/C16H16N2OS/c1-10(2)11-3-5-12(6-4-11)19-13-7-8-14-16(15(13)17)18-9-20-14/h3-10H,17H2,1-2H3. The second kappa shape index (κ2) is 5.13. The molecule has 0 unspecified atom stereocenters. The highest BCUT2D eigenvalue weighted by Crippen LogP contribution is 2.34. The van der Waals surface area contributed by atoms with Gasteiger partial charge in [0, 0.05) is 0 Å². The van der Waals surface area contributed by atoms with Gasteiger partial charge in [0.05, 0.1) is 10.2 Å². The van der Waals surface area contributed by atoms with Gasteiger partial charge in [-0.1, -0.05) is 26.0 Å². The molecule has 0 saturated carbocycles. The lowest BCUT2D eigenvalue weighted by atomic mass is 10.0. The molecule has 2 aromatic carbocycles. The number of fused-ring (bicyclic) bond motifs is 1. The van der Waals surface area contributed by atoms with Gasteiger partial charge in [0.1, 0.15) is 17.0 Å². The lowest BCUT2D eigenvalue weighted by molar-refractivity contribution is 0.485. The third-order valence-electron chi connectivity index (χ3n) is 3.28. The van der Waals surface area contributed by atoms with Crippen LogP contribution in [0.1, 0.15) is 25.3 Å². The zero-order valence-corrected chi connectivity index (χ0v) is 12.3. The first-order chi connectivity index (χ1) is 9.65. The van der Waals surface area contributed by atoms with Crippen LogP contribution in [0.3, 0.4) is 0 Å². The molecule has 0 aliphatic heterocycles. The van der Waals surface area contributed by atoms with Gasteiger partial charge < -0.3 is 10.5 Å². The number of nitrogens with two attached hydrogens (primary N) is 1. The van der Waals surface area contributed by atoms with Crippen LogP contribution >= 0.6 is 11.3 Å². The minimum atomic E-state index is 0.514. The summed E-state index contributed by atoms with van der Waals surface area (Å²) in [6.45, 7) is 4.34. The molecule has 1 heterocycles. The van der Waals surface area contributed by atoms with Gasteiger partial charge in [-0.15, -0.1) is 11.3 Å². The molecule has 0 spiro atoms. The molecule has 0 amide bonds. The van der Waals surface area contributed by atoms with Crippen molar-refractivity contribution in [3.8, 4) is 11.5 Å². The number of thiazole rings is 1. The molecule has 0 aliphatic rings. The fourth-order valence-corrected chi connectivity index (χ4v) is 2.76. The topological polar surface area (TPSA) is 48.1 Å². The van der Waals surface area contributed by atoms with Crippen LogP contribution in [0, 0.1) is 0 Å². The van der Waals surface area contributed by atoms with Crippen molar-refractivity contribution in [2.24, 2.45) is 0 Å². The maximum Gasteiger partial charge on any atom is 0.152 e. The summed E-state index contributed by atoms with van der Waals surface area (Å²) in [7, 11) is 0. The van der Waals surface area contributed by atoms with Crippen LogP contribution in [-0.2, 0) is 0 Å². The summed E-state index contributed by atoms with van der Waals surface area (Å²) in [6, 6.07) is 12.0. The van der Waals surface area contributed by atoms with E-state index in [1.54, 1.807) is 16.8 Å². The molecular weight excluding hydrogens is 268 g/mol. The lowest BCUT2D eigenvalue weighted by Crippen LogP contribution is -1.93. The number of rotatable bonds is 3. The van der Waals surface area contributed by atoms with Gasteiger partial charge in [-0.3, -0.25) is 0 Å². The fraction of sp³-hybridized carbons (Fsp3) is 0.188. The van der Waals surface area contributed by atoms with E-state index in [2.05, 4.69) is 31.0 Å². The predicted molar refractivity (Wildman–Crippen MR) is 84.6 cm³/mol. The SMILES string of the molecule is CC(C)c1ccc(Oc2ccc3scnc3c2N)cc1. The van der Waals surface area contributed by atoms with Gasteiger partial charge in [-0.2, -0.15) is 0 Å². The maximum atomic E-state index is 6.11. The largest absolute Gasteiger partial charge is 0.455 e. The molecule has 2 N–H and O–H groups in total. The van der Waals surface area contributed by atoms with Crippen LogP contribution in [-0.4, -0.2) is 4.98 Å². The van der Waals surface area contributed by atoms with E-state index in [9.17, 15) is 0 Å². The van der Waals surface area contributed by atoms with Crippen molar-refractivity contribution in [1.82, 2.24) is 4.98 Å². The molecule has 20 heavy (non-hydrogen) atoms. The molecule has 102 valence electrons. The van der Waals surface area contributed by atoms with Crippen molar-refractivity contribution in [3.63, 3.8) is 0 Å². The third-order valence-corrected chi connectivity index (χ3v) is 4.07. The highest BCUT2D eigenvalue weighted by atomic mass is 32.1. The summed E-state index contributed by atoms with van der Waals surface area (Å²) >= 11 is 1.57. The van der Waals surface area contributed by atoms with Gasteiger partial charge in [-0.05, 0) is 35.7 Å². The minimum absolute atomic E-state index is 0.514. The normalized spacial score (nSPS) is 11.2. The number of nitrogens with zero attached hydrogens (tertiary/aromatic N) is 1. The molecule has 0 fully saturated rings. The number of aromatic nitrogens is 1. The smallest absolute Gasteiger partial charge is 0.152 e. The van der Waals surface area contributed by atoms with E-state index in [-0.39, 0.29) is 0 Å². The van der Waals surface area contributed by atoms with E-state index < -0.39 is 0 Å². The molecule has 3 rings (SSSR count). The Balaban J connectivity index is 1.90. The number of ether oxygens (including phenoxy) is 1. The van der Waals surface area contributed by atoms with Crippen molar-refractivity contribution < 1.29 is 4.74 Å². The van der Waals surface area contributed by atoms with Crippen LogP contribution in [0.15, 0.2) is 41.9 Å². The highest BCUT2D eigenvalue weighted by molar-refractivity contribution is 7.16. The molecular formula is C16H16N2OS. The second-order valence-electron chi connectivity index (χ2n) is 5.00. The summed E-state index contributed by atoms with van der Waals surface area (Å²) in [5.74, 6) is 1.96. The fourth-order valence-electron chi connectivity index (χ4n) is 2.07. The number of nitrogen functional groups attached to an aromatic ring is 1. The van der Waals surface area contributed by atoms with E-state index in [1.807, 2.05) is 24.3 Å². The quantitative estimate of drug-likeness (QED) is 0.703. The summed E-state index contributed by atoms with van der Waals surface area (Å²) in [5, 5.41) is 0. The van der Waals surface area contributed by atoms with Crippen molar-refractivity contribution in [2.75, 3.05) is 5.73 Å². The number of anilines is 1. The third kappa shape index (κ3) is 2.34. The molecule has 3 aromatic rings. The van der Waals surface area contributed by atoms with Crippen molar-refractivity contribution in [2.45, 2.75) is 19.8 Å². The lowest BCUT2D eigenvalue weighted by Gasteiger charge is -2.10. The van der Waals surface area contributed by atoms with Gasteiger partial charge in [-0.25, -0.2) is 4.98 Å². The number of benzene rings is 2. The van der Waals surface area contributed by atoms with Crippen LogP contribution in [0.4, 0.5) is 5.69 Å². The van der Waals surface area contributed by atoms with Crippen LogP contribution < -0.4 is 10.5 Å². The molecule has 0 aliphatic carbocycles. The van der Waals surface area contributed by atoms with E-state index in [4.69, 9.17) is 10.5 Å². The van der Waals surface area contributed by atoms with Crippen LogP contribution in [0.25, 0.3) is 10.2 Å². The molecule has 4 heteroatoms. The first kappa shape index (κ1) is 12.9. The summed E-state index contributed by atoms with van der Waals surface area (Å²) in [4.78, 5) is 4.27. The Hall–Kier alpha value is -2.07.